The van der Waals surface area contributed by atoms with Crippen molar-refractivity contribution in [2.75, 3.05) is 7.11 Å². The molecule has 0 aliphatic carbocycles. The minimum atomic E-state index is -2.02. The Morgan fingerprint density at radius 3 is 2.23 bits per heavy atom. The van der Waals surface area contributed by atoms with Gasteiger partial charge in [0.05, 0.1) is 19.3 Å². The van der Waals surface area contributed by atoms with Gasteiger partial charge in [0.15, 0.2) is 14.4 Å². The van der Waals surface area contributed by atoms with E-state index < -0.39 is 19.8 Å². The van der Waals surface area contributed by atoms with Gasteiger partial charge in [-0.15, -0.1) is 0 Å². The Kier molecular flexibility index (Phi) is 5.63. The van der Waals surface area contributed by atoms with Gasteiger partial charge in [-0.1, -0.05) is 34.6 Å². The molecule has 0 aromatic rings. The molecule has 6 heteroatoms. The lowest BCUT2D eigenvalue weighted by atomic mass is 9.85. The predicted octanol–water partition coefficient (Wildman–Crippen LogP) is 2.93. The number of hydrogen-bond donors (Lipinski definition) is 0. The third-order valence-electron chi connectivity index (χ3n) is 4.84. The van der Waals surface area contributed by atoms with Crippen molar-refractivity contribution in [1.82, 2.24) is 0 Å². The first-order chi connectivity index (χ1) is 9.85. The van der Waals surface area contributed by atoms with Crippen LogP contribution in [-0.2, 0) is 23.5 Å². The summed E-state index contributed by atoms with van der Waals surface area (Å²) in [6, 6.07) is 0. The number of epoxide rings is 1. The summed E-state index contributed by atoms with van der Waals surface area (Å²) in [7, 11) is -0.674. The van der Waals surface area contributed by atoms with Gasteiger partial charge < -0.3 is 18.7 Å². The van der Waals surface area contributed by atoms with Crippen molar-refractivity contribution < 1.29 is 23.5 Å². The lowest BCUT2D eigenvalue weighted by Gasteiger charge is -2.42. The highest BCUT2D eigenvalue weighted by molar-refractivity contribution is 6.74. The standard InChI is InChI=1S/C16H30O5Si/c1-15(2,3)22(7,8)21-12(16(4,5)10-17)9-11-13(20-11)14(18)19-6/h10-13H,9H2,1-8H3/t11-,12-,13+/m1/s1. The van der Waals surface area contributed by atoms with Crippen LogP contribution in [0.1, 0.15) is 41.0 Å². The van der Waals surface area contributed by atoms with Crippen LogP contribution in [0.2, 0.25) is 18.1 Å². The minimum absolute atomic E-state index is 0.0520. The summed E-state index contributed by atoms with van der Waals surface area (Å²) >= 11 is 0. The summed E-state index contributed by atoms with van der Waals surface area (Å²) in [4.78, 5) is 23.0. The number of ether oxygens (including phenoxy) is 2. The van der Waals surface area contributed by atoms with Crippen molar-refractivity contribution in [3.63, 3.8) is 0 Å². The van der Waals surface area contributed by atoms with Gasteiger partial charge in [-0.05, 0) is 18.1 Å². The number of aldehydes is 1. The fourth-order valence-corrected chi connectivity index (χ4v) is 3.43. The first kappa shape index (κ1) is 19.3. The lowest BCUT2D eigenvalue weighted by molar-refractivity contribution is -0.142. The molecule has 0 N–H and O–H groups in total. The van der Waals surface area contributed by atoms with Crippen LogP contribution >= 0.6 is 0 Å². The summed E-state index contributed by atoms with van der Waals surface area (Å²) in [5.41, 5.74) is -0.623. The number of carbonyl (C=O) groups excluding carboxylic acids is 2. The Morgan fingerprint density at radius 2 is 1.82 bits per heavy atom. The normalized spacial score (nSPS) is 23.8. The zero-order valence-corrected chi connectivity index (χ0v) is 16.1. The summed E-state index contributed by atoms with van der Waals surface area (Å²) in [5, 5.41) is 0.0520. The van der Waals surface area contributed by atoms with E-state index in [0.717, 1.165) is 6.29 Å². The fourth-order valence-electron chi connectivity index (χ4n) is 1.97. The molecule has 1 saturated heterocycles. The highest BCUT2D eigenvalue weighted by atomic mass is 28.4. The molecule has 1 rings (SSSR count). The molecule has 128 valence electrons. The number of hydrogen-bond acceptors (Lipinski definition) is 5. The van der Waals surface area contributed by atoms with E-state index in [1.807, 2.05) is 13.8 Å². The van der Waals surface area contributed by atoms with Crippen molar-refractivity contribution >= 4 is 20.6 Å². The molecular weight excluding hydrogens is 300 g/mol. The van der Waals surface area contributed by atoms with E-state index in [1.165, 1.54) is 7.11 Å². The molecule has 1 aliphatic rings. The zero-order valence-electron chi connectivity index (χ0n) is 15.1. The number of rotatable bonds is 7. The van der Waals surface area contributed by atoms with E-state index in [1.54, 1.807) is 0 Å². The Morgan fingerprint density at radius 1 is 1.27 bits per heavy atom. The Hall–Kier alpha value is -0.723. The van der Waals surface area contributed by atoms with Gasteiger partial charge in [-0.25, -0.2) is 4.79 Å². The zero-order chi connectivity index (χ0) is 17.3. The van der Waals surface area contributed by atoms with Crippen molar-refractivity contribution in [2.24, 2.45) is 5.41 Å². The molecule has 0 bridgehead atoms. The summed E-state index contributed by atoms with van der Waals surface area (Å²) in [6.45, 7) is 14.5. The quantitative estimate of drug-likeness (QED) is 0.311. The Bertz CT molecular complexity index is 425. The first-order valence-corrected chi connectivity index (χ1v) is 10.6. The average molecular weight is 330 g/mol. The van der Waals surface area contributed by atoms with E-state index >= 15 is 0 Å². The fraction of sp³-hybridized carbons (Fsp3) is 0.875. The molecule has 1 heterocycles. The topological polar surface area (TPSA) is 65.1 Å². The monoisotopic (exact) mass is 330 g/mol. The first-order valence-electron chi connectivity index (χ1n) is 7.73. The molecule has 5 nitrogen and oxygen atoms in total. The summed E-state index contributed by atoms with van der Waals surface area (Å²) in [6.07, 6.45) is 0.447. The molecule has 0 saturated carbocycles. The van der Waals surface area contributed by atoms with Gasteiger partial charge in [0.2, 0.25) is 0 Å². The molecule has 1 fully saturated rings. The van der Waals surface area contributed by atoms with E-state index in [2.05, 4.69) is 38.6 Å². The molecule has 0 spiro atoms. The Labute approximate surface area is 134 Å². The van der Waals surface area contributed by atoms with E-state index in [9.17, 15) is 9.59 Å². The maximum atomic E-state index is 11.5. The van der Waals surface area contributed by atoms with Crippen LogP contribution in [0.4, 0.5) is 0 Å². The average Bonchev–Trinajstić information content (AvgIpc) is 3.14. The van der Waals surface area contributed by atoms with Crippen LogP contribution in [0.5, 0.6) is 0 Å². The van der Waals surface area contributed by atoms with Crippen molar-refractivity contribution in [1.29, 1.82) is 0 Å². The second kappa shape index (κ2) is 6.41. The van der Waals surface area contributed by atoms with Gasteiger partial charge >= 0.3 is 5.97 Å². The van der Waals surface area contributed by atoms with E-state index in [0.29, 0.717) is 6.42 Å². The number of esters is 1. The van der Waals surface area contributed by atoms with Crippen LogP contribution < -0.4 is 0 Å². The van der Waals surface area contributed by atoms with Crippen molar-refractivity contribution in [3.05, 3.63) is 0 Å². The molecular formula is C16H30O5Si. The highest BCUT2D eigenvalue weighted by Crippen LogP contribution is 2.42. The van der Waals surface area contributed by atoms with Gasteiger partial charge in [-0.3, -0.25) is 0 Å². The van der Waals surface area contributed by atoms with Gasteiger partial charge in [0.1, 0.15) is 6.29 Å². The summed E-state index contributed by atoms with van der Waals surface area (Å²) < 4.78 is 16.5. The van der Waals surface area contributed by atoms with Crippen LogP contribution in [0.3, 0.4) is 0 Å². The maximum absolute atomic E-state index is 11.5. The molecule has 0 aromatic heterocycles. The van der Waals surface area contributed by atoms with Gasteiger partial charge in [0.25, 0.3) is 0 Å². The second-order valence-electron chi connectivity index (χ2n) is 8.16. The largest absolute Gasteiger partial charge is 0.467 e. The molecule has 0 aromatic carbocycles. The van der Waals surface area contributed by atoms with Crippen LogP contribution in [0.15, 0.2) is 0 Å². The number of carbonyl (C=O) groups is 2. The highest BCUT2D eigenvalue weighted by Gasteiger charge is 2.51. The molecule has 1 aliphatic heterocycles. The lowest BCUT2D eigenvalue weighted by Crippen LogP contribution is -2.48. The van der Waals surface area contributed by atoms with Crippen molar-refractivity contribution in [3.8, 4) is 0 Å². The van der Waals surface area contributed by atoms with Gasteiger partial charge in [0, 0.05) is 11.8 Å². The molecule has 0 unspecified atom stereocenters. The molecule has 22 heavy (non-hydrogen) atoms. The third-order valence-corrected chi connectivity index (χ3v) is 9.33. The third kappa shape index (κ3) is 4.40. The molecule has 0 radical (unpaired) electrons. The number of methoxy groups -OCH3 is 1. The van der Waals surface area contributed by atoms with Crippen LogP contribution in [0.25, 0.3) is 0 Å². The van der Waals surface area contributed by atoms with E-state index in [4.69, 9.17) is 9.16 Å². The minimum Gasteiger partial charge on any atom is -0.467 e. The second-order valence-corrected chi connectivity index (χ2v) is 12.9. The molecule has 3 atom stereocenters. The van der Waals surface area contributed by atoms with Crippen molar-refractivity contribution in [2.45, 2.75) is 77.5 Å². The molecule has 0 amide bonds. The van der Waals surface area contributed by atoms with Crippen LogP contribution in [0, 0.1) is 5.41 Å². The smallest absolute Gasteiger partial charge is 0.337 e. The summed E-state index contributed by atoms with van der Waals surface area (Å²) in [5.74, 6) is -0.361. The Balaban J connectivity index is 2.84. The predicted molar refractivity (Wildman–Crippen MR) is 87.2 cm³/mol. The SMILES string of the molecule is COC(=O)[C@H]1O[C@@H]1C[C@@H](O[Si](C)(C)C(C)(C)C)C(C)(C)C=O. The van der Waals surface area contributed by atoms with E-state index in [-0.39, 0.29) is 23.2 Å². The maximum Gasteiger partial charge on any atom is 0.337 e. The van der Waals surface area contributed by atoms with Gasteiger partial charge in [-0.2, -0.15) is 0 Å². The van der Waals surface area contributed by atoms with Crippen LogP contribution in [-0.4, -0.2) is 46.0 Å².